The Morgan fingerprint density at radius 2 is 1.96 bits per heavy atom. The smallest absolute Gasteiger partial charge is 0.341 e. The van der Waals surface area contributed by atoms with Crippen molar-refractivity contribution in [1.82, 2.24) is 4.98 Å². The molecule has 0 bridgehead atoms. The highest BCUT2D eigenvalue weighted by atomic mass is 127. The monoisotopic (exact) mass is 441 g/mol. The molecule has 0 amide bonds. The van der Waals surface area contributed by atoms with E-state index in [2.05, 4.69) is 22.6 Å². The van der Waals surface area contributed by atoms with Crippen molar-refractivity contribution in [2.45, 2.75) is 65.2 Å². The van der Waals surface area contributed by atoms with Crippen LogP contribution in [0.4, 0.5) is 0 Å². The van der Waals surface area contributed by atoms with E-state index in [1.807, 2.05) is 13.8 Å². The quantitative estimate of drug-likeness (QED) is 0.505. The number of nitrogens with zero attached hydrogens (tertiary/aromatic N) is 1. The summed E-state index contributed by atoms with van der Waals surface area (Å²) in [6, 6.07) is 0. The van der Waals surface area contributed by atoms with Gasteiger partial charge in [0.1, 0.15) is 0 Å². The molecule has 1 saturated carbocycles. The second-order valence-electron chi connectivity index (χ2n) is 7.37. The number of halogens is 1. The molecule has 0 saturated heterocycles. The van der Waals surface area contributed by atoms with Gasteiger partial charge in [-0.3, -0.25) is 9.78 Å². The van der Waals surface area contributed by atoms with Gasteiger partial charge < -0.3 is 4.74 Å². The normalized spacial score (nSPS) is 19.0. The number of ether oxygens (including phenoxy) is 1. The first-order valence-electron chi connectivity index (χ1n) is 8.81. The molecular formula is C19H24INO3. The molecular weight excluding hydrogens is 417 g/mol. The van der Waals surface area contributed by atoms with Crippen LogP contribution >= 0.6 is 22.6 Å². The van der Waals surface area contributed by atoms with Crippen LogP contribution in [0.2, 0.25) is 0 Å². The van der Waals surface area contributed by atoms with Gasteiger partial charge in [0.15, 0.2) is 5.78 Å². The van der Waals surface area contributed by atoms with Crippen LogP contribution < -0.4 is 0 Å². The number of carbonyl (C=O) groups is 2. The molecule has 0 aliphatic heterocycles. The third-order valence-corrected chi connectivity index (χ3v) is 6.37. The van der Waals surface area contributed by atoms with Crippen molar-refractivity contribution < 1.29 is 14.3 Å². The van der Waals surface area contributed by atoms with Crippen LogP contribution in [0, 0.1) is 8.99 Å². The van der Waals surface area contributed by atoms with E-state index in [0.29, 0.717) is 24.2 Å². The molecule has 0 unspecified atom stereocenters. The van der Waals surface area contributed by atoms with E-state index in [0.717, 1.165) is 34.2 Å². The van der Waals surface area contributed by atoms with Crippen molar-refractivity contribution in [3.05, 3.63) is 26.1 Å². The SMILES string of the molecule is CCOC(=O)c1c(C(C)C)nc2c(c1I)C(=O)CC1(CCCC1)C2. The topological polar surface area (TPSA) is 56.3 Å². The van der Waals surface area contributed by atoms with Crippen molar-refractivity contribution in [3.63, 3.8) is 0 Å². The number of Topliss-reactive ketones (excluding diaryl/α,β-unsaturated/α-hetero) is 1. The van der Waals surface area contributed by atoms with Crippen molar-refractivity contribution >= 4 is 34.3 Å². The van der Waals surface area contributed by atoms with Crippen LogP contribution in [0.15, 0.2) is 0 Å². The zero-order chi connectivity index (χ0) is 17.5. The maximum Gasteiger partial charge on any atom is 0.341 e. The van der Waals surface area contributed by atoms with Gasteiger partial charge in [0.2, 0.25) is 0 Å². The van der Waals surface area contributed by atoms with Crippen LogP contribution in [-0.4, -0.2) is 23.3 Å². The van der Waals surface area contributed by atoms with Gasteiger partial charge in [-0.1, -0.05) is 26.7 Å². The highest BCUT2D eigenvalue weighted by molar-refractivity contribution is 14.1. The van der Waals surface area contributed by atoms with Crippen molar-refractivity contribution in [2.24, 2.45) is 5.41 Å². The first-order valence-corrected chi connectivity index (χ1v) is 9.89. The Labute approximate surface area is 156 Å². The number of pyridine rings is 1. The molecule has 2 aliphatic carbocycles. The third-order valence-electron chi connectivity index (χ3n) is 5.29. The molecule has 1 fully saturated rings. The highest BCUT2D eigenvalue weighted by Gasteiger charge is 2.43. The maximum absolute atomic E-state index is 12.9. The lowest BCUT2D eigenvalue weighted by Gasteiger charge is -2.34. The van der Waals surface area contributed by atoms with Crippen molar-refractivity contribution in [1.29, 1.82) is 0 Å². The van der Waals surface area contributed by atoms with Gasteiger partial charge in [-0.05, 0) is 60.1 Å². The Hall–Kier alpha value is -0.980. The van der Waals surface area contributed by atoms with Gasteiger partial charge in [-0.2, -0.15) is 0 Å². The van der Waals surface area contributed by atoms with Gasteiger partial charge >= 0.3 is 5.97 Å². The van der Waals surface area contributed by atoms with Crippen LogP contribution in [0.25, 0.3) is 0 Å². The molecule has 0 aromatic carbocycles. The molecule has 1 aromatic heterocycles. The number of ketones is 1. The number of fused-ring (bicyclic) bond motifs is 1. The van der Waals surface area contributed by atoms with E-state index >= 15 is 0 Å². The molecule has 1 aromatic rings. The predicted molar refractivity (Wildman–Crippen MR) is 101 cm³/mol. The Morgan fingerprint density at radius 1 is 1.29 bits per heavy atom. The first kappa shape index (κ1) is 17.8. The summed E-state index contributed by atoms with van der Waals surface area (Å²) >= 11 is 2.14. The second-order valence-corrected chi connectivity index (χ2v) is 8.45. The molecule has 0 N–H and O–H groups in total. The molecule has 0 atom stereocenters. The summed E-state index contributed by atoms with van der Waals surface area (Å²) in [4.78, 5) is 30.2. The molecule has 3 rings (SSSR count). The van der Waals surface area contributed by atoms with E-state index in [1.165, 1.54) is 12.8 Å². The lowest BCUT2D eigenvalue weighted by molar-refractivity contribution is 0.0522. The van der Waals surface area contributed by atoms with Crippen LogP contribution in [0.1, 0.15) is 90.9 Å². The molecule has 5 heteroatoms. The Balaban J connectivity index is 2.14. The Kier molecular flexibility index (Phi) is 5.00. The van der Waals surface area contributed by atoms with Crippen LogP contribution in [0.3, 0.4) is 0 Å². The fourth-order valence-electron chi connectivity index (χ4n) is 4.17. The summed E-state index contributed by atoms with van der Waals surface area (Å²) in [5.74, 6) is -0.106. The zero-order valence-electron chi connectivity index (χ0n) is 14.6. The summed E-state index contributed by atoms with van der Waals surface area (Å²) in [5.41, 5.74) is 2.93. The molecule has 0 radical (unpaired) electrons. The van der Waals surface area contributed by atoms with Gasteiger partial charge in [-0.15, -0.1) is 0 Å². The minimum Gasteiger partial charge on any atom is -0.462 e. The van der Waals surface area contributed by atoms with Crippen LogP contribution in [0.5, 0.6) is 0 Å². The third kappa shape index (κ3) is 3.00. The van der Waals surface area contributed by atoms with Crippen molar-refractivity contribution in [3.8, 4) is 0 Å². The molecule has 130 valence electrons. The van der Waals surface area contributed by atoms with Gasteiger partial charge in [0, 0.05) is 9.99 Å². The zero-order valence-corrected chi connectivity index (χ0v) is 16.7. The summed E-state index contributed by atoms with van der Waals surface area (Å²) in [6.07, 6.45) is 6.11. The summed E-state index contributed by atoms with van der Waals surface area (Å²) < 4.78 is 5.96. The molecule has 4 nitrogen and oxygen atoms in total. The highest BCUT2D eigenvalue weighted by Crippen LogP contribution is 2.48. The van der Waals surface area contributed by atoms with E-state index in [4.69, 9.17) is 9.72 Å². The maximum atomic E-state index is 12.9. The lowest BCUT2D eigenvalue weighted by atomic mass is 9.71. The minimum absolute atomic E-state index is 0.111. The molecule has 24 heavy (non-hydrogen) atoms. The molecule has 1 spiro atoms. The van der Waals surface area contributed by atoms with Gasteiger partial charge in [0.25, 0.3) is 0 Å². The average molecular weight is 441 g/mol. The largest absolute Gasteiger partial charge is 0.462 e. The average Bonchev–Trinajstić information content (AvgIpc) is 2.93. The number of hydrogen-bond acceptors (Lipinski definition) is 4. The fraction of sp³-hybridized carbons (Fsp3) is 0.632. The molecule has 2 aliphatic rings. The van der Waals surface area contributed by atoms with E-state index in [-0.39, 0.29) is 23.1 Å². The minimum atomic E-state index is -0.366. The number of rotatable bonds is 3. The summed E-state index contributed by atoms with van der Waals surface area (Å²) in [6.45, 7) is 6.17. The van der Waals surface area contributed by atoms with Gasteiger partial charge in [0.05, 0.1) is 29.1 Å². The lowest BCUT2D eigenvalue weighted by Crippen LogP contribution is -2.33. The Bertz CT molecular complexity index is 690. The summed E-state index contributed by atoms with van der Waals surface area (Å²) in [7, 11) is 0. The number of carbonyl (C=O) groups excluding carboxylic acids is 2. The molecule has 1 heterocycles. The standard InChI is InChI=1S/C19H24INO3/c1-4-24-18(23)15-16(20)14-12(21-17(15)11(2)3)9-19(10-13(14)22)7-5-6-8-19/h11H,4-10H2,1-3H3. The van der Waals surface area contributed by atoms with E-state index in [9.17, 15) is 9.59 Å². The van der Waals surface area contributed by atoms with Crippen molar-refractivity contribution in [2.75, 3.05) is 6.61 Å². The number of esters is 1. The predicted octanol–water partition coefficient (Wildman–Crippen LogP) is 4.68. The first-order chi connectivity index (χ1) is 11.4. The van der Waals surface area contributed by atoms with Gasteiger partial charge in [-0.25, -0.2) is 4.79 Å². The second kappa shape index (κ2) is 6.73. The van der Waals surface area contributed by atoms with E-state index in [1.54, 1.807) is 6.92 Å². The fourth-order valence-corrected chi connectivity index (χ4v) is 5.28. The summed E-state index contributed by atoms with van der Waals surface area (Å²) in [5, 5.41) is 0. The number of hydrogen-bond donors (Lipinski definition) is 0. The number of aromatic nitrogens is 1. The van der Waals surface area contributed by atoms with Crippen LogP contribution in [-0.2, 0) is 11.2 Å². The van der Waals surface area contributed by atoms with E-state index < -0.39 is 0 Å². The Morgan fingerprint density at radius 3 is 2.54 bits per heavy atom.